The minimum absolute atomic E-state index is 0.475. The lowest BCUT2D eigenvalue weighted by atomic mass is 10.0. The van der Waals surface area contributed by atoms with Gasteiger partial charge in [0, 0.05) is 27.9 Å². The van der Waals surface area contributed by atoms with Crippen molar-refractivity contribution in [3.05, 3.63) is 72.3 Å². The Labute approximate surface area is 195 Å². The van der Waals surface area contributed by atoms with Gasteiger partial charge in [-0.25, -0.2) is 0 Å². The molecule has 0 saturated heterocycles. The van der Waals surface area contributed by atoms with Crippen LogP contribution in [0.3, 0.4) is 0 Å². The first-order valence-corrected chi connectivity index (χ1v) is 11.2. The minimum Gasteiger partial charge on any atom is -0.495 e. The molecular formula is C27H24N4O3. The second-order valence-corrected chi connectivity index (χ2v) is 8.37. The third-order valence-corrected chi connectivity index (χ3v) is 6.54. The van der Waals surface area contributed by atoms with E-state index in [4.69, 9.17) is 9.47 Å². The minimum atomic E-state index is -0.741. The Kier molecular flexibility index (Phi) is 4.85. The van der Waals surface area contributed by atoms with Crippen molar-refractivity contribution in [2.45, 2.75) is 18.9 Å². The van der Waals surface area contributed by atoms with Gasteiger partial charge in [-0.2, -0.15) is 0 Å². The van der Waals surface area contributed by atoms with Crippen LogP contribution in [-0.2, 0) is 6.42 Å². The molecule has 7 heteroatoms. The first-order chi connectivity index (χ1) is 16.7. The molecule has 4 heterocycles. The molecular weight excluding hydrogens is 428 g/mol. The van der Waals surface area contributed by atoms with E-state index in [0.29, 0.717) is 24.3 Å². The van der Waals surface area contributed by atoms with Crippen LogP contribution in [0.5, 0.6) is 11.5 Å². The summed E-state index contributed by atoms with van der Waals surface area (Å²) in [5.74, 6) is 1.46. The smallest absolute Gasteiger partial charge is 0.147 e. The maximum atomic E-state index is 11.1. The molecule has 0 saturated carbocycles. The SMILES string of the molecule is COc1cccc2c1[nH]c1c(CCC(O)c3nccc4c3[nH]c3ccccc34)ncc(OC)c12. The number of aliphatic hydroxyl groups excluding tert-OH is 1. The van der Waals surface area contributed by atoms with Crippen molar-refractivity contribution < 1.29 is 14.6 Å². The molecule has 34 heavy (non-hydrogen) atoms. The van der Waals surface area contributed by atoms with Crippen LogP contribution in [0.2, 0.25) is 0 Å². The zero-order valence-electron chi connectivity index (χ0n) is 18.9. The van der Waals surface area contributed by atoms with Crippen molar-refractivity contribution in [2.75, 3.05) is 14.2 Å². The number of nitrogens with one attached hydrogen (secondary N) is 2. The van der Waals surface area contributed by atoms with Gasteiger partial charge >= 0.3 is 0 Å². The number of hydrogen-bond acceptors (Lipinski definition) is 5. The molecule has 2 aromatic carbocycles. The summed E-state index contributed by atoms with van der Waals surface area (Å²) in [4.78, 5) is 16.1. The van der Waals surface area contributed by atoms with E-state index in [-0.39, 0.29) is 0 Å². The van der Waals surface area contributed by atoms with E-state index in [1.165, 1.54) is 0 Å². The molecule has 1 unspecified atom stereocenters. The molecule has 0 spiro atoms. The summed E-state index contributed by atoms with van der Waals surface area (Å²) >= 11 is 0. The fourth-order valence-electron chi connectivity index (χ4n) is 4.90. The summed E-state index contributed by atoms with van der Waals surface area (Å²) < 4.78 is 11.2. The summed E-state index contributed by atoms with van der Waals surface area (Å²) in [7, 11) is 3.30. The number of nitrogens with zero attached hydrogens (tertiary/aromatic N) is 2. The van der Waals surface area contributed by atoms with E-state index in [1.54, 1.807) is 26.6 Å². The molecule has 7 nitrogen and oxygen atoms in total. The second kappa shape index (κ2) is 8.04. The van der Waals surface area contributed by atoms with Crippen molar-refractivity contribution in [3.63, 3.8) is 0 Å². The standard InChI is InChI=1S/C27H24N4O3/c1-33-21-9-5-7-17-23-22(34-2)14-29-19(26(23)31-24(17)21)10-11-20(32)27-25-16(12-13-28-27)15-6-3-4-8-18(15)30-25/h3-9,12-14,20,30-32H,10-11H2,1-2H3. The zero-order chi connectivity index (χ0) is 23.2. The second-order valence-electron chi connectivity index (χ2n) is 8.37. The van der Waals surface area contributed by atoms with Gasteiger partial charge in [-0.15, -0.1) is 0 Å². The Morgan fingerprint density at radius 3 is 2.50 bits per heavy atom. The van der Waals surface area contributed by atoms with Gasteiger partial charge in [0.2, 0.25) is 0 Å². The number of para-hydroxylation sites is 2. The number of aromatic nitrogens is 4. The lowest BCUT2D eigenvalue weighted by Crippen LogP contribution is -2.04. The fraction of sp³-hybridized carbons (Fsp3) is 0.185. The Bertz CT molecular complexity index is 1670. The number of aliphatic hydroxyl groups is 1. The molecule has 0 aliphatic heterocycles. The van der Waals surface area contributed by atoms with Crippen LogP contribution in [0.15, 0.2) is 60.9 Å². The molecule has 0 aliphatic carbocycles. The van der Waals surface area contributed by atoms with Crippen LogP contribution in [0, 0.1) is 0 Å². The van der Waals surface area contributed by atoms with E-state index >= 15 is 0 Å². The van der Waals surface area contributed by atoms with Gasteiger partial charge in [-0.3, -0.25) is 9.97 Å². The third kappa shape index (κ3) is 3.08. The monoisotopic (exact) mass is 452 g/mol. The average molecular weight is 453 g/mol. The lowest BCUT2D eigenvalue weighted by molar-refractivity contribution is 0.164. The quantitative estimate of drug-likeness (QED) is 0.313. The Balaban J connectivity index is 1.39. The number of benzene rings is 2. The zero-order valence-corrected chi connectivity index (χ0v) is 18.9. The van der Waals surface area contributed by atoms with Crippen LogP contribution in [0.4, 0.5) is 0 Å². The van der Waals surface area contributed by atoms with E-state index in [0.717, 1.165) is 55.1 Å². The van der Waals surface area contributed by atoms with Crippen molar-refractivity contribution in [1.29, 1.82) is 0 Å². The number of aryl methyl sites for hydroxylation is 1. The fourth-order valence-corrected chi connectivity index (χ4v) is 4.90. The number of H-pyrrole nitrogens is 2. The van der Waals surface area contributed by atoms with Gasteiger partial charge in [0.1, 0.15) is 11.5 Å². The largest absolute Gasteiger partial charge is 0.495 e. The number of aromatic amines is 2. The van der Waals surface area contributed by atoms with Crippen molar-refractivity contribution >= 4 is 43.6 Å². The number of fused-ring (bicyclic) bond motifs is 6. The van der Waals surface area contributed by atoms with Gasteiger partial charge in [-0.05, 0) is 31.0 Å². The maximum absolute atomic E-state index is 11.1. The molecule has 1 atom stereocenters. The Morgan fingerprint density at radius 2 is 1.65 bits per heavy atom. The first-order valence-electron chi connectivity index (χ1n) is 11.2. The van der Waals surface area contributed by atoms with Crippen LogP contribution < -0.4 is 9.47 Å². The highest BCUT2D eigenvalue weighted by Crippen LogP contribution is 2.38. The highest BCUT2D eigenvalue weighted by molar-refractivity contribution is 6.12. The molecule has 0 bridgehead atoms. The molecule has 0 aliphatic rings. The van der Waals surface area contributed by atoms with E-state index in [1.807, 2.05) is 42.5 Å². The first kappa shape index (κ1) is 20.5. The van der Waals surface area contributed by atoms with Crippen molar-refractivity contribution in [2.24, 2.45) is 0 Å². The molecule has 6 aromatic rings. The summed E-state index contributed by atoms with van der Waals surface area (Å²) in [6.07, 6.45) is 3.80. The lowest BCUT2D eigenvalue weighted by Gasteiger charge is -2.12. The van der Waals surface area contributed by atoms with Crippen molar-refractivity contribution in [3.8, 4) is 11.5 Å². The molecule has 3 N–H and O–H groups in total. The molecule has 0 fully saturated rings. The maximum Gasteiger partial charge on any atom is 0.147 e. The number of methoxy groups -OCH3 is 2. The summed E-state index contributed by atoms with van der Waals surface area (Å²) in [6.45, 7) is 0. The van der Waals surface area contributed by atoms with E-state index in [2.05, 4.69) is 26.0 Å². The normalized spacial score (nSPS) is 12.7. The predicted octanol–water partition coefficient (Wildman–Crippen LogP) is 5.43. The van der Waals surface area contributed by atoms with Crippen LogP contribution in [0.25, 0.3) is 43.6 Å². The van der Waals surface area contributed by atoms with Gasteiger partial charge in [0.15, 0.2) is 0 Å². The molecule has 0 amide bonds. The van der Waals surface area contributed by atoms with Gasteiger partial charge in [0.05, 0.1) is 59.8 Å². The van der Waals surface area contributed by atoms with E-state index in [9.17, 15) is 5.11 Å². The van der Waals surface area contributed by atoms with Gasteiger partial charge in [-0.1, -0.05) is 30.3 Å². The van der Waals surface area contributed by atoms with Gasteiger partial charge in [0.25, 0.3) is 0 Å². The molecule has 0 radical (unpaired) electrons. The third-order valence-electron chi connectivity index (χ3n) is 6.54. The highest BCUT2D eigenvalue weighted by Gasteiger charge is 2.20. The van der Waals surface area contributed by atoms with Gasteiger partial charge < -0.3 is 24.5 Å². The van der Waals surface area contributed by atoms with Crippen LogP contribution >= 0.6 is 0 Å². The topological polar surface area (TPSA) is 96.1 Å². The number of hydrogen-bond donors (Lipinski definition) is 3. The van der Waals surface area contributed by atoms with E-state index < -0.39 is 6.10 Å². The molecule has 4 aromatic heterocycles. The highest BCUT2D eigenvalue weighted by atomic mass is 16.5. The Morgan fingerprint density at radius 1 is 0.824 bits per heavy atom. The number of pyridine rings is 2. The summed E-state index contributed by atoms with van der Waals surface area (Å²) in [5.41, 5.74) is 5.21. The number of ether oxygens (including phenoxy) is 2. The summed E-state index contributed by atoms with van der Waals surface area (Å²) in [5, 5.41) is 15.3. The van der Waals surface area contributed by atoms with Crippen LogP contribution in [-0.4, -0.2) is 39.3 Å². The Hall–Kier alpha value is -4.10. The number of rotatable bonds is 6. The average Bonchev–Trinajstić information content (AvgIpc) is 3.46. The molecule has 6 rings (SSSR count). The molecule has 170 valence electrons. The summed E-state index contributed by atoms with van der Waals surface area (Å²) in [6, 6.07) is 16.0. The van der Waals surface area contributed by atoms with Crippen molar-refractivity contribution in [1.82, 2.24) is 19.9 Å². The predicted molar refractivity (Wildman–Crippen MR) is 134 cm³/mol. The van der Waals surface area contributed by atoms with Crippen LogP contribution in [0.1, 0.15) is 23.9 Å².